The minimum atomic E-state index is -2.99. The zero-order valence-electron chi connectivity index (χ0n) is 14.5. The van der Waals surface area contributed by atoms with E-state index in [0.717, 1.165) is 31.2 Å². The molecule has 1 amide bonds. The van der Waals surface area contributed by atoms with E-state index in [4.69, 9.17) is 0 Å². The number of hydrogen-bond acceptors (Lipinski definition) is 2. The summed E-state index contributed by atoms with van der Waals surface area (Å²) in [5.41, 5.74) is 0.287. The Labute approximate surface area is 153 Å². The first kappa shape index (κ1) is 18.0. The highest BCUT2D eigenvalue weighted by atomic mass is 19.3. The highest BCUT2D eigenvalue weighted by Gasteiger charge is 2.38. The third-order valence-electron chi connectivity index (χ3n) is 5.13. The van der Waals surface area contributed by atoms with Gasteiger partial charge >= 0.3 is 0 Å². The van der Waals surface area contributed by atoms with E-state index in [9.17, 15) is 22.4 Å². The van der Waals surface area contributed by atoms with Gasteiger partial charge in [0.1, 0.15) is 18.2 Å². The van der Waals surface area contributed by atoms with Crippen molar-refractivity contribution in [2.24, 2.45) is 0 Å². The number of nitrogens with zero attached hydrogens (tertiary/aromatic N) is 2. The lowest BCUT2D eigenvalue weighted by Crippen LogP contribution is -2.34. The Kier molecular flexibility index (Phi) is 4.65. The predicted octanol–water partition coefficient (Wildman–Crippen LogP) is 4.64. The van der Waals surface area contributed by atoms with Crippen LogP contribution in [0.2, 0.25) is 0 Å². The highest BCUT2D eigenvalue weighted by molar-refractivity contribution is 5.97. The molecule has 2 aromatic rings. The summed E-state index contributed by atoms with van der Waals surface area (Å²) in [6, 6.07) is 4.41. The van der Waals surface area contributed by atoms with E-state index in [2.05, 4.69) is 10.2 Å². The Balaban J connectivity index is 1.68. The van der Waals surface area contributed by atoms with Gasteiger partial charge in [0.05, 0.1) is 11.3 Å². The fraction of sp³-hybridized carbons (Fsp3) is 0.474. The predicted molar refractivity (Wildman–Crippen MR) is 89.6 cm³/mol. The van der Waals surface area contributed by atoms with Crippen molar-refractivity contribution in [3.63, 3.8) is 0 Å². The van der Waals surface area contributed by atoms with Crippen LogP contribution in [0.1, 0.15) is 70.9 Å². The Hall–Kier alpha value is -2.38. The van der Waals surface area contributed by atoms with Gasteiger partial charge in [0.25, 0.3) is 12.3 Å². The molecule has 0 radical (unpaired) electrons. The van der Waals surface area contributed by atoms with Gasteiger partial charge in [-0.05, 0) is 54.9 Å². The van der Waals surface area contributed by atoms with E-state index in [1.165, 1.54) is 17.0 Å². The second kappa shape index (κ2) is 6.98. The van der Waals surface area contributed by atoms with Gasteiger partial charge in [-0.1, -0.05) is 6.07 Å². The van der Waals surface area contributed by atoms with E-state index in [1.54, 1.807) is 6.07 Å². The molecule has 0 aliphatic heterocycles. The third-order valence-corrected chi connectivity index (χ3v) is 5.13. The van der Waals surface area contributed by atoms with Crippen LogP contribution in [0.25, 0.3) is 0 Å². The van der Waals surface area contributed by atoms with Crippen molar-refractivity contribution in [2.75, 3.05) is 0 Å². The number of benzene rings is 1. The smallest absolute Gasteiger partial charge is 0.282 e. The molecule has 0 bridgehead atoms. The largest absolute Gasteiger partial charge is 0.331 e. The summed E-state index contributed by atoms with van der Waals surface area (Å²) in [6.07, 6.45) is 0.524. The number of aromatic nitrogens is 2. The Bertz CT molecular complexity index is 859. The molecule has 27 heavy (non-hydrogen) atoms. The topological polar surface area (TPSA) is 49.0 Å². The van der Waals surface area contributed by atoms with Gasteiger partial charge in [-0.2, -0.15) is 5.10 Å². The minimum absolute atomic E-state index is 0.110. The van der Waals surface area contributed by atoms with Crippen LogP contribution in [0.3, 0.4) is 0 Å². The van der Waals surface area contributed by atoms with Crippen LogP contribution in [-0.2, 0) is 13.2 Å². The molecule has 1 N–H and O–H groups in total. The molecule has 0 unspecified atom stereocenters. The van der Waals surface area contributed by atoms with Crippen molar-refractivity contribution in [3.8, 4) is 0 Å². The quantitative estimate of drug-likeness (QED) is 0.711. The second-order valence-corrected chi connectivity index (χ2v) is 7.18. The molecule has 2 aliphatic carbocycles. The number of halogens is 4. The lowest BCUT2D eigenvalue weighted by Gasteiger charge is -2.24. The first-order chi connectivity index (χ1) is 13.0. The van der Waals surface area contributed by atoms with Crippen molar-refractivity contribution < 1.29 is 22.4 Å². The number of carbonyl (C=O) groups is 1. The summed E-state index contributed by atoms with van der Waals surface area (Å²) in [5.74, 6) is -0.734. The van der Waals surface area contributed by atoms with Gasteiger partial charge in [0.2, 0.25) is 0 Å². The molecule has 2 saturated carbocycles. The van der Waals surface area contributed by atoms with Gasteiger partial charge in [0.15, 0.2) is 0 Å². The minimum Gasteiger partial charge on any atom is -0.331 e. The van der Waals surface area contributed by atoms with Gasteiger partial charge in [-0.15, -0.1) is 0 Å². The molecular formula is C19H19F4N3O. The van der Waals surface area contributed by atoms with Crippen LogP contribution in [0.5, 0.6) is 0 Å². The fourth-order valence-electron chi connectivity index (χ4n) is 3.47. The zero-order valence-corrected chi connectivity index (χ0v) is 14.5. The van der Waals surface area contributed by atoms with Crippen molar-refractivity contribution in [3.05, 3.63) is 52.1 Å². The van der Waals surface area contributed by atoms with Crippen molar-refractivity contribution in [2.45, 2.75) is 57.3 Å². The third kappa shape index (κ3) is 3.57. The van der Waals surface area contributed by atoms with Crippen LogP contribution < -0.4 is 0 Å². The second-order valence-electron chi connectivity index (χ2n) is 7.18. The Morgan fingerprint density at radius 1 is 1.26 bits per heavy atom. The van der Waals surface area contributed by atoms with Crippen LogP contribution in [-0.4, -0.2) is 27.0 Å². The molecule has 4 rings (SSSR count). The van der Waals surface area contributed by atoms with Crippen LogP contribution in [0.4, 0.5) is 17.6 Å². The Morgan fingerprint density at radius 2 is 2.00 bits per heavy atom. The number of alkyl halides is 3. The van der Waals surface area contributed by atoms with Gasteiger partial charge in [-0.3, -0.25) is 9.89 Å². The zero-order chi connectivity index (χ0) is 19.1. The molecule has 0 atom stereocenters. The summed E-state index contributed by atoms with van der Waals surface area (Å²) in [5, 5.41) is 5.62. The number of rotatable bonds is 7. The number of hydrogen-bond donors (Lipinski definition) is 1. The first-order valence-corrected chi connectivity index (χ1v) is 9.00. The molecule has 1 aromatic heterocycles. The summed E-state index contributed by atoms with van der Waals surface area (Å²) in [7, 11) is 0. The average molecular weight is 381 g/mol. The van der Waals surface area contributed by atoms with Crippen LogP contribution in [0, 0.1) is 5.82 Å². The molecule has 0 spiro atoms. The highest BCUT2D eigenvalue weighted by Crippen LogP contribution is 2.43. The summed E-state index contributed by atoms with van der Waals surface area (Å²) >= 11 is 0. The van der Waals surface area contributed by atoms with Crippen molar-refractivity contribution in [1.29, 1.82) is 0 Å². The van der Waals surface area contributed by atoms with Gasteiger partial charge < -0.3 is 4.90 Å². The maximum atomic E-state index is 13.8. The maximum Gasteiger partial charge on any atom is 0.282 e. The number of aromatic amines is 1. The van der Waals surface area contributed by atoms with E-state index in [0.29, 0.717) is 11.5 Å². The number of H-pyrrole nitrogens is 1. The lowest BCUT2D eigenvalue weighted by atomic mass is 10.0. The van der Waals surface area contributed by atoms with Crippen LogP contribution in [0.15, 0.2) is 18.2 Å². The molecule has 1 heterocycles. The average Bonchev–Trinajstić information content (AvgIpc) is 3.56. The van der Waals surface area contributed by atoms with E-state index >= 15 is 0 Å². The molecular weight excluding hydrogens is 362 g/mol. The fourth-order valence-corrected chi connectivity index (χ4v) is 3.47. The van der Waals surface area contributed by atoms with Gasteiger partial charge in [-0.25, -0.2) is 17.6 Å². The lowest BCUT2D eigenvalue weighted by molar-refractivity contribution is 0.0715. The maximum absolute atomic E-state index is 13.8. The first-order valence-electron chi connectivity index (χ1n) is 9.00. The van der Waals surface area contributed by atoms with Crippen molar-refractivity contribution in [1.82, 2.24) is 15.1 Å². The standard InChI is InChI=1S/C19H19F4N3O/c20-8-15-16(17(18(22)23)25-24-15)19(27)26(13-4-5-13)9-11-7-12(21)3-6-14(11)10-1-2-10/h3,6-7,10,13,18H,1-2,4-5,8-9H2,(H,24,25). The SMILES string of the molecule is O=C(c1c(C(F)F)n[nH]c1CF)N(Cc1cc(F)ccc1C1CC1)C1CC1. The summed E-state index contributed by atoms with van der Waals surface area (Å²) < 4.78 is 53.5. The van der Waals surface area contributed by atoms with E-state index < -0.39 is 36.1 Å². The van der Waals surface area contributed by atoms with Crippen LogP contribution >= 0.6 is 0 Å². The molecule has 0 saturated heterocycles. The number of amides is 1. The molecule has 4 nitrogen and oxygen atoms in total. The number of nitrogens with one attached hydrogen (secondary N) is 1. The summed E-state index contributed by atoms with van der Waals surface area (Å²) in [4.78, 5) is 14.5. The molecule has 8 heteroatoms. The van der Waals surface area contributed by atoms with E-state index in [1.807, 2.05) is 0 Å². The summed E-state index contributed by atoms with van der Waals surface area (Å²) in [6.45, 7) is -0.973. The normalized spacial score (nSPS) is 16.8. The monoisotopic (exact) mass is 381 g/mol. The molecule has 1 aromatic carbocycles. The molecule has 144 valence electrons. The Morgan fingerprint density at radius 3 is 2.59 bits per heavy atom. The van der Waals surface area contributed by atoms with Gasteiger partial charge in [0, 0.05) is 12.6 Å². The molecule has 2 fully saturated rings. The number of carbonyl (C=O) groups excluding carboxylic acids is 1. The van der Waals surface area contributed by atoms with Crippen molar-refractivity contribution >= 4 is 5.91 Å². The molecule has 2 aliphatic rings. The van der Waals surface area contributed by atoms with E-state index in [-0.39, 0.29) is 18.3 Å².